The van der Waals surface area contributed by atoms with E-state index in [0.29, 0.717) is 0 Å². The van der Waals surface area contributed by atoms with Crippen LogP contribution in [0, 0.1) is 0 Å². The summed E-state index contributed by atoms with van der Waals surface area (Å²) >= 11 is 0. The van der Waals surface area contributed by atoms with Crippen molar-refractivity contribution in [2.75, 3.05) is 0 Å². The standard InChI is InChI=1S/C19H15N2.HI/c1-21-11-5-6-14(13-21)12-18-15-7-2-3-8-16(15)19-17(18)9-4-10-20-19;/h2-13H,1H3;1H/q+1;/p-1/b18-12-;. The highest BCUT2D eigenvalue weighted by Crippen LogP contribution is 2.43. The van der Waals surface area contributed by atoms with Gasteiger partial charge in [0.1, 0.15) is 7.05 Å². The van der Waals surface area contributed by atoms with Gasteiger partial charge < -0.3 is 24.0 Å². The van der Waals surface area contributed by atoms with Crippen molar-refractivity contribution in [1.29, 1.82) is 0 Å². The monoisotopic (exact) mass is 398 g/mol. The first-order valence-electron chi connectivity index (χ1n) is 7.05. The molecule has 2 heterocycles. The van der Waals surface area contributed by atoms with Crippen LogP contribution in [0.25, 0.3) is 22.9 Å². The Balaban J connectivity index is 0.00000144. The predicted molar refractivity (Wildman–Crippen MR) is 84.3 cm³/mol. The van der Waals surface area contributed by atoms with Crippen LogP contribution >= 0.6 is 0 Å². The third-order valence-electron chi connectivity index (χ3n) is 3.84. The molecular weight excluding hydrogens is 383 g/mol. The summed E-state index contributed by atoms with van der Waals surface area (Å²) in [5, 5.41) is 0. The first kappa shape index (κ1) is 14.9. The number of rotatable bonds is 1. The van der Waals surface area contributed by atoms with Crippen molar-refractivity contribution < 1.29 is 28.5 Å². The van der Waals surface area contributed by atoms with E-state index in [2.05, 4.69) is 64.3 Å². The summed E-state index contributed by atoms with van der Waals surface area (Å²) in [6.07, 6.45) is 8.28. The number of aryl methyl sites for hydroxylation is 1. The third kappa shape index (κ3) is 2.46. The maximum absolute atomic E-state index is 4.56. The molecule has 2 aromatic heterocycles. The number of halogens is 1. The quantitative estimate of drug-likeness (QED) is 0.337. The molecular formula is C19H15IN2. The number of hydrogen-bond acceptors (Lipinski definition) is 1. The summed E-state index contributed by atoms with van der Waals surface area (Å²) in [4.78, 5) is 4.56. The third-order valence-corrected chi connectivity index (χ3v) is 3.84. The van der Waals surface area contributed by atoms with Crippen LogP contribution in [0.4, 0.5) is 0 Å². The number of aromatic nitrogens is 2. The van der Waals surface area contributed by atoms with Gasteiger partial charge in [0.15, 0.2) is 12.4 Å². The van der Waals surface area contributed by atoms with Crippen LogP contribution in [0.15, 0.2) is 67.1 Å². The van der Waals surface area contributed by atoms with E-state index in [9.17, 15) is 0 Å². The number of fused-ring (bicyclic) bond motifs is 3. The normalized spacial score (nSPS) is 13.4. The molecule has 3 heteroatoms. The molecule has 3 aromatic rings. The van der Waals surface area contributed by atoms with Gasteiger partial charge in [0.2, 0.25) is 0 Å². The van der Waals surface area contributed by atoms with Gasteiger partial charge in [0.05, 0.1) is 5.69 Å². The van der Waals surface area contributed by atoms with Gasteiger partial charge in [-0.15, -0.1) is 0 Å². The minimum Gasteiger partial charge on any atom is -1.00 e. The number of hydrogen-bond donors (Lipinski definition) is 0. The number of pyridine rings is 2. The van der Waals surface area contributed by atoms with Crippen LogP contribution in [0.3, 0.4) is 0 Å². The van der Waals surface area contributed by atoms with Crippen molar-refractivity contribution in [3.05, 3.63) is 83.8 Å². The van der Waals surface area contributed by atoms with Crippen LogP contribution in [-0.4, -0.2) is 4.98 Å². The van der Waals surface area contributed by atoms with Crippen molar-refractivity contribution >= 4 is 11.6 Å². The Labute approximate surface area is 147 Å². The number of benzene rings is 1. The largest absolute Gasteiger partial charge is 1.00 e. The minimum absolute atomic E-state index is 0. The van der Waals surface area contributed by atoms with E-state index in [4.69, 9.17) is 0 Å². The zero-order valence-corrected chi connectivity index (χ0v) is 14.4. The highest BCUT2D eigenvalue weighted by atomic mass is 127. The van der Waals surface area contributed by atoms with Crippen molar-refractivity contribution in [1.82, 2.24) is 4.98 Å². The van der Waals surface area contributed by atoms with Gasteiger partial charge in [-0.05, 0) is 29.3 Å². The van der Waals surface area contributed by atoms with Gasteiger partial charge in [-0.1, -0.05) is 30.3 Å². The smallest absolute Gasteiger partial charge is 0.175 e. The summed E-state index contributed by atoms with van der Waals surface area (Å²) in [5.74, 6) is 0. The molecule has 0 saturated carbocycles. The molecule has 4 rings (SSSR count). The van der Waals surface area contributed by atoms with E-state index in [-0.39, 0.29) is 24.0 Å². The maximum Gasteiger partial charge on any atom is 0.175 e. The SMILES string of the molecule is C[n+]1cccc(/C=C2/c3ccccc3-c3ncccc32)c1.[I-]. The average molecular weight is 398 g/mol. The molecule has 1 aromatic carbocycles. The zero-order valence-electron chi connectivity index (χ0n) is 12.2. The summed E-state index contributed by atoms with van der Waals surface area (Å²) in [5.41, 5.74) is 7.23. The minimum atomic E-state index is 0. The van der Waals surface area contributed by atoms with Crippen LogP contribution in [0.5, 0.6) is 0 Å². The predicted octanol–water partition coefficient (Wildman–Crippen LogP) is 0.479. The fourth-order valence-electron chi connectivity index (χ4n) is 2.93. The fraction of sp³-hybridized carbons (Fsp3) is 0.0526. The molecule has 0 atom stereocenters. The molecule has 0 radical (unpaired) electrons. The molecule has 0 spiro atoms. The van der Waals surface area contributed by atoms with E-state index >= 15 is 0 Å². The van der Waals surface area contributed by atoms with Crippen molar-refractivity contribution in [3.63, 3.8) is 0 Å². The Bertz CT molecular complexity index is 821. The summed E-state index contributed by atoms with van der Waals surface area (Å²) in [7, 11) is 2.04. The lowest BCUT2D eigenvalue weighted by Crippen LogP contribution is -3.00. The van der Waals surface area contributed by atoms with Crippen LogP contribution < -0.4 is 28.5 Å². The first-order chi connectivity index (χ1) is 10.3. The second-order valence-corrected chi connectivity index (χ2v) is 5.31. The van der Waals surface area contributed by atoms with Gasteiger partial charge in [-0.2, -0.15) is 0 Å². The maximum atomic E-state index is 4.56. The van der Waals surface area contributed by atoms with Crippen LogP contribution in [0.1, 0.15) is 16.7 Å². The van der Waals surface area contributed by atoms with Gasteiger partial charge in [-0.25, -0.2) is 4.57 Å². The van der Waals surface area contributed by atoms with Crippen LogP contribution in [-0.2, 0) is 7.05 Å². The Kier molecular flexibility index (Phi) is 4.07. The molecule has 0 fully saturated rings. The van der Waals surface area contributed by atoms with Gasteiger partial charge >= 0.3 is 0 Å². The van der Waals surface area contributed by atoms with Gasteiger partial charge in [0.25, 0.3) is 0 Å². The molecule has 0 unspecified atom stereocenters. The Morgan fingerprint density at radius 3 is 2.50 bits per heavy atom. The van der Waals surface area contributed by atoms with E-state index in [1.165, 1.54) is 27.8 Å². The second kappa shape index (κ2) is 6.01. The summed E-state index contributed by atoms with van der Waals surface area (Å²) < 4.78 is 2.07. The van der Waals surface area contributed by atoms with Crippen molar-refractivity contribution in [3.8, 4) is 11.3 Å². The fourth-order valence-corrected chi connectivity index (χ4v) is 2.93. The van der Waals surface area contributed by atoms with Gasteiger partial charge in [-0.3, -0.25) is 4.98 Å². The Morgan fingerprint density at radius 2 is 1.68 bits per heavy atom. The molecule has 1 aliphatic carbocycles. The molecule has 22 heavy (non-hydrogen) atoms. The number of nitrogens with zero attached hydrogens (tertiary/aromatic N) is 2. The lowest BCUT2D eigenvalue weighted by Gasteiger charge is -2.02. The van der Waals surface area contributed by atoms with E-state index in [1.807, 2.05) is 25.5 Å². The van der Waals surface area contributed by atoms with Crippen molar-refractivity contribution in [2.24, 2.45) is 7.05 Å². The second-order valence-electron chi connectivity index (χ2n) is 5.31. The van der Waals surface area contributed by atoms with E-state index < -0.39 is 0 Å². The van der Waals surface area contributed by atoms with E-state index in [1.54, 1.807) is 0 Å². The lowest BCUT2D eigenvalue weighted by atomic mass is 10.0. The Hall–Kier alpha value is -2.01. The molecule has 0 aliphatic heterocycles. The lowest BCUT2D eigenvalue weighted by molar-refractivity contribution is -0.671. The summed E-state index contributed by atoms with van der Waals surface area (Å²) in [6, 6.07) is 16.8. The average Bonchev–Trinajstić information content (AvgIpc) is 2.83. The Morgan fingerprint density at radius 1 is 0.909 bits per heavy atom. The topological polar surface area (TPSA) is 16.8 Å². The molecule has 2 nitrogen and oxygen atoms in total. The zero-order chi connectivity index (χ0) is 14.2. The highest BCUT2D eigenvalue weighted by molar-refractivity contribution is 6.05. The van der Waals surface area contributed by atoms with Crippen LogP contribution in [0.2, 0.25) is 0 Å². The van der Waals surface area contributed by atoms with Crippen molar-refractivity contribution in [2.45, 2.75) is 0 Å². The van der Waals surface area contributed by atoms with E-state index in [0.717, 1.165) is 5.69 Å². The molecule has 0 amide bonds. The summed E-state index contributed by atoms with van der Waals surface area (Å²) in [6.45, 7) is 0. The first-order valence-corrected chi connectivity index (χ1v) is 7.05. The molecule has 0 bridgehead atoms. The molecule has 0 N–H and O–H groups in total. The molecule has 108 valence electrons. The van der Waals surface area contributed by atoms with Gasteiger partial charge in [0, 0.05) is 29.0 Å². The molecule has 0 saturated heterocycles. The highest BCUT2D eigenvalue weighted by Gasteiger charge is 2.23. The molecule has 1 aliphatic rings.